The Hall–Kier alpha value is -1.07. The Morgan fingerprint density at radius 2 is 1.72 bits per heavy atom. The first-order valence-corrected chi connectivity index (χ1v) is 7.62. The fourth-order valence-corrected chi connectivity index (χ4v) is 4.13. The first kappa shape index (κ1) is 13.4. The fraction of sp³-hybridized carbons (Fsp3) is 0.538. The minimum Gasteiger partial charge on any atom is -0.399 e. The Morgan fingerprint density at radius 1 is 1.17 bits per heavy atom. The van der Waals surface area contributed by atoms with Crippen LogP contribution in [0.4, 0.5) is 5.69 Å². The lowest BCUT2D eigenvalue weighted by atomic mass is 10.0. The van der Waals surface area contributed by atoms with Crippen molar-refractivity contribution in [3.8, 4) is 0 Å². The average Bonchev–Trinajstić information content (AvgIpc) is 2.58. The molecule has 1 aliphatic rings. The standard InChI is InChI=1S/C13H20N2O2S/c1-9-4-12(14)6-13(5-9)18(16,17)15-7-10(2)11(3)8-15/h4-6,10-11H,7-8,14H2,1-3H3. The van der Waals surface area contributed by atoms with Crippen LogP contribution >= 0.6 is 0 Å². The van der Waals surface area contributed by atoms with Crippen LogP contribution in [-0.4, -0.2) is 25.8 Å². The van der Waals surface area contributed by atoms with E-state index in [1.807, 2.05) is 6.92 Å². The number of hydrogen-bond acceptors (Lipinski definition) is 3. The number of hydrogen-bond donors (Lipinski definition) is 1. The van der Waals surface area contributed by atoms with Crippen LogP contribution in [0, 0.1) is 18.8 Å². The summed E-state index contributed by atoms with van der Waals surface area (Å²) in [6.07, 6.45) is 0. The Balaban J connectivity index is 2.37. The Labute approximate surface area is 109 Å². The molecule has 1 aliphatic heterocycles. The zero-order valence-corrected chi connectivity index (χ0v) is 11.9. The Morgan fingerprint density at radius 3 is 2.22 bits per heavy atom. The first-order valence-electron chi connectivity index (χ1n) is 6.18. The van der Waals surface area contributed by atoms with Crippen LogP contribution in [0.1, 0.15) is 19.4 Å². The molecule has 0 amide bonds. The third-order valence-electron chi connectivity index (χ3n) is 3.67. The highest BCUT2D eigenvalue weighted by atomic mass is 32.2. The summed E-state index contributed by atoms with van der Waals surface area (Å²) in [5.41, 5.74) is 7.09. The molecular formula is C13H20N2O2S. The summed E-state index contributed by atoms with van der Waals surface area (Å²) < 4.78 is 26.6. The van der Waals surface area contributed by atoms with Crippen LogP contribution in [0.15, 0.2) is 23.1 Å². The predicted octanol–water partition coefficient (Wildman–Crippen LogP) is 1.85. The number of benzene rings is 1. The van der Waals surface area contributed by atoms with Crippen LogP contribution in [0.25, 0.3) is 0 Å². The van der Waals surface area contributed by atoms with Gasteiger partial charge in [-0.25, -0.2) is 8.42 Å². The minimum atomic E-state index is -3.40. The van der Waals surface area contributed by atoms with Gasteiger partial charge >= 0.3 is 0 Å². The molecule has 1 aromatic carbocycles. The molecule has 1 aromatic rings. The zero-order valence-electron chi connectivity index (χ0n) is 11.1. The van der Waals surface area contributed by atoms with Crippen LogP contribution < -0.4 is 5.73 Å². The molecule has 0 aliphatic carbocycles. The first-order chi connectivity index (χ1) is 8.30. The van der Waals surface area contributed by atoms with Crippen molar-refractivity contribution in [2.75, 3.05) is 18.8 Å². The van der Waals surface area contributed by atoms with E-state index in [4.69, 9.17) is 5.73 Å². The van der Waals surface area contributed by atoms with Crippen molar-refractivity contribution in [1.29, 1.82) is 0 Å². The lowest BCUT2D eigenvalue weighted by Gasteiger charge is -2.17. The van der Waals surface area contributed by atoms with E-state index >= 15 is 0 Å². The molecule has 0 spiro atoms. The largest absolute Gasteiger partial charge is 0.399 e. The number of nitrogen functional groups attached to an aromatic ring is 1. The Kier molecular flexibility index (Phi) is 3.38. The van der Waals surface area contributed by atoms with E-state index in [1.54, 1.807) is 16.4 Å². The quantitative estimate of drug-likeness (QED) is 0.833. The van der Waals surface area contributed by atoms with Crippen molar-refractivity contribution in [3.63, 3.8) is 0 Å². The summed E-state index contributed by atoms with van der Waals surface area (Å²) in [7, 11) is -3.40. The third-order valence-corrected chi connectivity index (χ3v) is 5.48. The highest BCUT2D eigenvalue weighted by molar-refractivity contribution is 7.89. The van der Waals surface area contributed by atoms with E-state index in [2.05, 4.69) is 13.8 Å². The maximum absolute atomic E-state index is 12.5. The zero-order chi connectivity index (χ0) is 13.5. The van der Waals surface area contributed by atoms with Crippen molar-refractivity contribution >= 4 is 15.7 Å². The van der Waals surface area contributed by atoms with E-state index in [9.17, 15) is 8.42 Å². The van der Waals surface area contributed by atoms with Gasteiger partial charge in [-0.3, -0.25) is 0 Å². The van der Waals surface area contributed by atoms with Gasteiger partial charge in [0.15, 0.2) is 0 Å². The van der Waals surface area contributed by atoms with Gasteiger partial charge < -0.3 is 5.73 Å². The molecule has 2 unspecified atom stereocenters. The molecule has 4 nitrogen and oxygen atoms in total. The molecule has 0 radical (unpaired) electrons. The number of nitrogens with zero attached hydrogens (tertiary/aromatic N) is 1. The fourth-order valence-electron chi connectivity index (χ4n) is 2.35. The summed E-state index contributed by atoms with van der Waals surface area (Å²) in [5.74, 6) is 0.809. The molecule has 2 rings (SSSR count). The summed E-state index contributed by atoms with van der Waals surface area (Å²) in [6, 6.07) is 4.99. The lowest BCUT2D eigenvalue weighted by molar-refractivity contribution is 0.463. The van der Waals surface area contributed by atoms with Gasteiger partial charge in [-0.1, -0.05) is 13.8 Å². The van der Waals surface area contributed by atoms with Crippen molar-refractivity contribution in [2.24, 2.45) is 11.8 Å². The summed E-state index contributed by atoms with van der Waals surface area (Å²) in [4.78, 5) is 0.307. The normalized spacial score (nSPS) is 25.5. The molecule has 1 heterocycles. The van der Waals surface area contributed by atoms with Crippen molar-refractivity contribution < 1.29 is 8.42 Å². The van der Waals surface area contributed by atoms with E-state index in [-0.39, 0.29) is 0 Å². The third kappa shape index (κ3) is 2.37. The summed E-state index contributed by atoms with van der Waals surface area (Å²) in [5, 5.41) is 0. The molecule has 0 saturated carbocycles. The molecule has 1 fully saturated rings. The van der Waals surface area contributed by atoms with E-state index < -0.39 is 10.0 Å². The topological polar surface area (TPSA) is 63.4 Å². The van der Waals surface area contributed by atoms with Crippen LogP contribution in [0.3, 0.4) is 0 Å². The average molecular weight is 268 g/mol. The molecule has 5 heteroatoms. The maximum atomic E-state index is 12.5. The summed E-state index contributed by atoms with van der Waals surface area (Å²) >= 11 is 0. The van der Waals surface area contributed by atoms with Crippen LogP contribution in [0.5, 0.6) is 0 Å². The molecule has 2 atom stereocenters. The van der Waals surface area contributed by atoms with E-state index in [0.29, 0.717) is 35.5 Å². The smallest absolute Gasteiger partial charge is 0.243 e. The summed E-state index contributed by atoms with van der Waals surface area (Å²) in [6.45, 7) is 7.22. The van der Waals surface area contributed by atoms with Gasteiger partial charge in [0.2, 0.25) is 10.0 Å². The molecule has 0 bridgehead atoms. The maximum Gasteiger partial charge on any atom is 0.243 e. The van der Waals surface area contributed by atoms with Crippen LogP contribution in [-0.2, 0) is 10.0 Å². The molecule has 1 saturated heterocycles. The van der Waals surface area contributed by atoms with Gasteiger partial charge in [-0.2, -0.15) is 4.31 Å². The highest BCUT2D eigenvalue weighted by Gasteiger charge is 2.35. The number of aryl methyl sites for hydroxylation is 1. The van der Waals surface area contributed by atoms with Crippen molar-refractivity contribution in [1.82, 2.24) is 4.31 Å². The van der Waals surface area contributed by atoms with Gasteiger partial charge in [0.25, 0.3) is 0 Å². The molecule has 18 heavy (non-hydrogen) atoms. The second-order valence-electron chi connectivity index (χ2n) is 5.36. The number of sulfonamides is 1. The lowest BCUT2D eigenvalue weighted by Crippen LogP contribution is -2.29. The molecule has 2 N–H and O–H groups in total. The minimum absolute atomic E-state index is 0.307. The van der Waals surface area contributed by atoms with Gasteiger partial charge in [0.05, 0.1) is 4.90 Å². The second kappa shape index (κ2) is 4.55. The predicted molar refractivity (Wildman–Crippen MR) is 72.7 cm³/mol. The SMILES string of the molecule is Cc1cc(N)cc(S(=O)(=O)N2CC(C)C(C)C2)c1. The second-order valence-corrected chi connectivity index (χ2v) is 7.29. The number of anilines is 1. The van der Waals surface area contributed by atoms with Gasteiger partial charge in [0.1, 0.15) is 0 Å². The number of nitrogens with two attached hydrogens (primary N) is 1. The van der Waals surface area contributed by atoms with Gasteiger partial charge in [0, 0.05) is 18.8 Å². The monoisotopic (exact) mass is 268 g/mol. The van der Waals surface area contributed by atoms with Crippen molar-refractivity contribution in [2.45, 2.75) is 25.7 Å². The van der Waals surface area contributed by atoms with Gasteiger partial charge in [-0.15, -0.1) is 0 Å². The molecule has 100 valence electrons. The number of rotatable bonds is 2. The van der Waals surface area contributed by atoms with Crippen LogP contribution in [0.2, 0.25) is 0 Å². The Bertz CT molecular complexity index is 524. The molecular weight excluding hydrogens is 248 g/mol. The van der Waals surface area contributed by atoms with Crippen molar-refractivity contribution in [3.05, 3.63) is 23.8 Å². The van der Waals surface area contributed by atoms with Gasteiger partial charge in [-0.05, 0) is 42.5 Å². The molecule has 0 aromatic heterocycles. The highest BCUT2D eigenvalue weighted by Crippen LogP contribution is 2.29. The van der Waals surface area contributed by atoms with E-state index in [1.165, 1.54) is 6.07 Å². The van der Waals surface area contributed by atoms with E-state index in [0.717, 1.165) is 5.56 Å².